The number of nitrogens with zero attached hydrogens (tertiary/aromatic N) is 5. The van der Waals surface area contributed by atoms with Gasteiger partial charge in [-0.2, -0.15) is 17.5 Å². The van der Waals surface area contributed by atoms with Gasteiger partial charge in [-0.25, -0.2) is 23.4 Å². The van der Waals surface area contributed by atoms with Crippen molar-refractivity contribution in [3.63, 3.8) is 0 Å². The van der Waals surface area contributed by atoms with E-state index >= 15 is 0 Å². The van der Waals surface area contributed by atoms with Gasteiger partial charge in [0.05, 0.1) is 17.3 Å². The SMILES string of the molecule is CC(=O)Nc1ncc(S(=O)(=O)N2CCN(C[C@H](C)Nc3ncnc4c(C(F)(F)F)cccc34)CC2)s1. The number of hydrogen-bond donors (Lipinski definition) is 2. The van der Waals surface area contributed by atoms with Crippen LogP contribution in [0.25, 0.3) is 10.9 Å². The monoisotopic (exact) mass is 543 g/mol. The number of halogens is 3. The molecule has 1 aliphatic rings. The molecule has 1 aromatic carbocycles. The molecule has 1 fully saturated rings. The Morgan fingerprint density at radius 3 is 2.56 bits per heavy atom. The van der Waals surface area contributed by atoms with E-state index in [1.165, 1.54) is 23.5 Å². The Morgan fingerprint density at radius 2 is 1.89 bits per heavy atom. The van der Waals surface area contributed by atoms with Gasteiger partial charge in [0.1, 0.15) is 12.1 Å². The van der Waals surface area contributed by atoms with Crippen molar-refractivity contribution in [2.75, 3.05) is 43.4 Å². The summed E-state index contributed by atoms with van der Waals surface area (Å²) in [4.78, 5) is 25.1. The topological polar surface area (TPSA) is 120 Å². The van der Waals surface area contributed by atoms with Crippen LogP contribution in [-0.2, 0) is 21.0 Å². The second-order valence-corrected chi connectivity index (χ2v) is 11.5. The van der Waals surface area contributed by atoms with Crippen molar-refractivity contribution in [2.24, 2.45) is 0 Å². The van der Waals surface area contributed by atoms with Gasteiger partial charge in [-0.3, -0.25) is 9.69 Å². The highest BCUT2D eigenvalue weighted by Gasteiger charge is 2.34. The van der Waals surface area contributed by atoms with Crippen molar-refractivity contribution in [3.8, 4) is 0 Å². The third-order valence-electron chi connectivity index (χ3n) is 5.58. The minimum absolute atomic E-state index is 0.0589. The molecule has 0 spiro atoms. The quantitative estimate of drug-likeness (QED) is 0.467. The summed E-state index contributed by atoms with van der Waals surface area (Å²) in [6.07, 6.45) is -2.19. The number of thiazole rings is 1. The molecule has 0 saturated carbocycles. The predicted molar refractivity (Wildman–Crippen MR) is 129 cm³/mol. The lowest BCUT2D eigenvalue weighted by molar-refractivity contribution is -0.136. The summed E-state index contributed by atoms with van der Waals surface area (Å²) in [6, 6.07) is 3.68. The zero-order valence-corrected chi connectivity index (χ0v) is 21.0. The summed E-state index contributed by atoms with van der Waals surface area (Å²) in [5, 5.41) is 6.14. The van der Waals surface area contributed by atoms with Gasteiger partial charge in [0.25, 0.3) is 10.0 Å². The van der Waals surface area contributed by atoms with Gasteiger partial charge < -0.3 is 10.6 Å². The Labute approximate surface area is 209 Å². The molecule has 2 aromatic heterocycles. The Morgan fingerprint density at radius 1 is 1.17 bits per heavy atom. The van der Waals surface area contributed by atoms with E-state index in [0.717, 1.165) is 23.7 Å². The minimum Gasteiger partial charge on any atom is -0.366 e. The van der Waals surface area contributed by atoms with Crippen LogP contribution in [0.5, 0.6) is 0 Å². The van der Waals surface area contributed by atoms with Crippen LogP contribution >= 0.6 is 11.3 Å². The van der Waals surface area contributed by atoms with Gasteiger partial charge in [0.15, 0.2) is 9.34 Å². The first-order valence-corrected chi connectivity index (χ1v) is 13.2. The highest BCUT2D eigenvalue weighted by Crippen LogP contribution is 2.35. The molecular formula is C21H24F3N7O3S2. The summed E-state index contributed by atoms with van der Waals surface area (Å²) < 4.78 is 67.3. The minimum atomic E-state index is -4.53. The molecule has 194 valence electrons. The van der Waals surface area contributed by atoms with Gasteiger partial charge >= 0.3 is 6.18 Å². The van der Waals surface area contributed by atoms with E-state index in [-0.39, 0.29) is 45.3 Å². The number of piperazine rings is 1. The lowest BCUT2D eigenvalue weighted by Crippen LogP contribution is -2.50. The molecule has 0 unspecified atom stereocenters. The van der Waals surface area contributed by atoms with E-state index in [0.29, 0.717) is 25.5 Å². The fourth-order valence-electron chi connectivity index (χ4n) is 3.96. The van der Waals surface area contributed by atoms with Crippen LogP contribution in [0, 0.1) is 0 Å². The number of benzene rings is 1. The van der Waals surface area contributed by atoms with Crippen molar-refractivity contribution in [3.05, 3.63) is 36.3 Å². The van der Waals surface area contributed by atoms with Gasteiger partial charge in [-0.15, -0.1) is 0 Å². The Bertz CT molecular complexity index is 1360. The number of alkyl halides is 3. The van der Waals surface area contributed by atoms with Crippen LogP contribution in [0.2, 0.25) is 0 Å². The molecule has 1 saturated heterocycles. The maximum absolute atomic E-state index is 13.3. The molecule has 0 radical (unpaired) electrons. The summed E-state index contributed by atoms with van der Waals surface area (Å²) in [5.41, 5.74) is -0.987. The molecule has 15 heteroatoms. The zero-order chi connectivity index (χ0) is 26.1. The predicted octanol–water partition coefficient (Wildman–Crippen LogP) is 2.87. The second-order valence-electron chi connectivity index (χ2n) is 8.34. The Kier molecular flexibility index (Phi) is 7.45. The van der Waals surface area contributed by atoms with Crippen molar-refractivity contribution >= 4 is 49.1 Å². The number of amides is 1. The summed E-state index contributed by atoms with van der Waals surface area (Å²) in [5.74, 6) is -0.0274. The molecule has 3 aromatic rings. The van der Waals surface area contributed by atoms with Crippen molar-refractivity contribution < 1.29 is 26.4 Å². The smallest absolute Gasteiger partial charge is 0.366 e. The van der Waals surface area contributed by atoms with Crippen LogP contribution in [0.3, 0.4) is 0 Å². The fourth-order valence-corrected chi connectivity index (χ4v) is 6.62. The second kappa shape index (κ2) is 10.2. The van der Waals surface area contributed by atoms with E-state index in [1.807, 2.05) is 6.92 Å². The number of carbonyl (C=O) groups excluding carboxylic acids is 1. The lowest BCUT2D eigenvalue weighted by atomic mass is 10.1. The molecule has 1 atom stereocenters. The number of fused-ring (bicyclic) bond motifs is 1. The average Bonchev–Trinajstić information content (AvgIpc) is 3.27. The number of carbonyl (C=O) groups is 1. The van der Waals surface area contributed by atoms with Gasteiger partial charge in [-0.1, -0.05) is 17.4 Å². The number of aromatic nitrogens is 3. The Balaban J connectivity index is 1.37. The van der Waals surface area contributed by atoms with E-state index in [1.54, 1.807) is 6.07 Å². The van der Waals surface area contributed by atoms with Crippen LogP contribution < -0.4 is 10.6 Å². The third-order valence-corrected chi connectivity index (χ3v) is 8.83. The third kappa shape index (κ3) is 5.74. The maximum Gasteiger partial charge on any atom is 0.418 e. The van der Waals surface area contributed by atoms with Crippen molar-refractivity contribution in [2.45, 2.75) is 30.3 Å². The van der Waals surface area contributed by atoms with Crippen LogP contribution in [0.15, 0.2) is 34.9 Å². The number of para-hydroxylation sites is 1. The summed E-state index contributed by atoms with van der Waals surface area (Å²) in [7, 11) is -3.73. The van der Waals surface area contributed by atoms with Gasteiger partial charge in [-0.05, 0) is 19.1 Å². The first-order valence-electron chi connectivity index (χ1n) is 11.0. The number of hydrogen-bond acceptors (Lipinski definition) is 9. The molecule has 36 heavy (non-hydrogen) atoms. The number of anilines is 2. The number of rotatable bonds is 7. The number of sulfonamides is 1. The number of nitrogens with one attached hydrogen (secondary N) is 2. The molecule has 10 nitrogen and oxygen atoms in total. The summed E-state index contributed by atoms with van der Waals surface area (Å²) >= 11 is 0.899. The van der Waals surface area contributed by atoms with E-state index < -0.39 is 21.8 Å². The molecular weight excluding hydrogens is 519 g/mol. The zero-order valence-electron chi connectivity index (χ0n) is 19.4. The van der Waals surface area contributed by atoms with Gasteiger partial charge in [0.2, 0.25) is 5.91 Å². The molecule has 0 aliphatic carbocycles. The lowest BCUT2D eigenvalue weighted by Gasteiger charge is -2.35. The molecule has 4 rings (SSSR count). The van der Waals surface area contributed by atoms with E-state index in [4.69, 9.17) is 0 Å². The summed E-state index contributed by atoms with van der Waals surface area (Å²) in [6.45, 7) is 5.23. The molecule has 1 amide bonds. The molecule has 3 heterocycles. The van der Waals surface area contributed by atoms with E-state index in [9.17, 15) is 26.4 Å². The van der Waals surface area contributed by atoms with Crippen molar-refractivity contribution in [1.82, 2.24) is 24.2 Å². The van der Waals surface area contributed by atoms with Gasteiger partial charge in [0, 0.05) is 51.1 Å². The highest BCUT2D eigenvalue weighted by atomic mass is 32.2. The largest absolute Gasteiger partial charge is 0.418 e. The molecule has 0 bridgehead atoms. The molecule has 1 aliphatic heterocycles. The average molecular weight is 544 g/mol. The normalized spacial score (nSPS) is 16.7. The van der Waals surface area contributed by atoms with Crippen LogP contribution in [0.1, 0.15) is 19.4 Å². The molecule has 2 N–H and O–H groups in total. The fraction of sp³-hybridized carbons (Fsp3) is 0.429. The highest BCUT2D eigenvalue weighted by molar-refractivity contribution is 7.91. The first kappa shape index (κ1) is 26.2. The Hall–Kier alpha value is -2.88. The van der Waals surface area contributed by atoms with Crippen LogP contribution in [-0.4, -0.2) is 77.2 Å². The van der Waals surface area contributed by atoms with Crippen molar-refractivity contribution in [1.29, 1.82) is 0 Å². The van der Waals surface area contributed by atoms with E-state index in [2.05, 4.69) is 30.5 Å². The van der Waals surface area contributed by atoms with Crippen LogP contribution in [0.4, 0.5) is 24.1 Å². The standard InChI is InChI=1S/C21H24F3N7O3S2/c1-13(28-19-15-4-3-5-16(21(22,23)24)18(15)26-12-27-19)11-30-6-8-31(9-7-30)36(33,34)17-10-25-20(35-17)29-14(2)32/h3-5,10,12-13H,6-9,11H2,1-2H3,(H,25,29,32)(H,26,27,28)/t13-/m0/s1. The maximum atomic E-state index is 13.3. The first-order chi connectivity index (χ1) is 16.9.